The van der Waals surface area contributed by atoms with Gasteiger partial charge in [-0.05, 0) is 54.3 Å². The van der Waals surface area contributed by atoms with E-state index in [1.807, 2.05) is 0 Å². The first-order valence-corrected chi connectivity index (χ1v) is 10.6. The molecule has 2 N–H and O–H groups in total. The van der Waals surface area contributed by atoms with Crippen molar-refractivity contribution in [3.63, 3.8) is 0 Å². The van der Waals surface area contributed by atoms with Gasteiger partial charge in [-0.15, -0.1) is 0 Å². The molecule has 2 aromatic rings. The number of carbonyl (C=O) groups is 3. The molecule has 1 saturated carbocycles. The average Bonchev–Trinajstić information content (AvgIpc) is 3.66. The zero-order chi connectivity index (χ0) is 23.8. The van der Waals surface area contributed by atoms with Gasteiger partial charge in [0, 0.05) is 17.7 Å². The van der Waals surface area contributed by atoms with Crippen molar-refractivity contribution in [3.05, 3.63) is 65.2 Å². The molecule has 1 aliphatic rings. The molecule has 33 heavy (non-hydrogen) atoms. The highest BCUT2D eigenvalue weighted by molar-refractivity contribution is 5.95. The van der Waals surface area contributed by atoms with Gasteiger partial charge in [-0.2, -0.15) is 0 Å². The van der Waals surface area contributed by atoms with Crippen molar-refractivity contribution in [1.82, 2.24) is 10.6 Å². The fourth-order valence-electron chi connectivity index (χ4n) is 3.21. The summed E-state index contributed by atoms with van der Waals surface area (Å²) in [6.45, 7) is 0. The molecule has 8 nitrogen and oxygen atoms in total. The van der Waals surface area contributed by atoms with Crippen LogP contribution in [0.4, 0.5) is 0 Å². The molecule has 0 saturated heterocycles. The molecule has 0 aliphatic heterocycles. The lowest BCUT2D eigenvalue weighted by Crippen LogP contribution is -2.29. The van der Waals surface area contributed by atoms with Crippen LogP contribution in [0.25, 0.3) is 6.08 Å². The van der Waals surface area contributed by atoms with E-state index in [0.29, 0.717) is 28.7 Å². The Morgan fingerprint density at radius 1 is 1.00 bits per heavy atom. The Balaban J connectivity index is 1.68. The normalized spacial score (nSPS) is 13.8. The molecule has 1 fully saturated rings. The Hall–Kier alpha value is -3.81. The Labute approximate surface area is 192 Å². The molecule has 1 atom stereocenters. The number of rotatable bonds is 10. The molecule has 2 aromatic carbocycles. The van der Waals surface area contributed by atoms with Crippen molar-refractivity contribution in [2.24, 2.45) is 0 Å². The summed E-state index contributed by atoms with van der Waals surface area (Å²) in [4.78, 5) is 36.6. The summed E-state index contributed by atoms with van der Waals surface area (Å²) in [5, 5.41) is 5.77. The lowest BCUT2D eigenvalue weighted by Gasteiger charge is -2.19. The third kappa shape index (κ3) is 6.83. The lowest BCUT2D eigenvalue weighted by atomic mass is 10.0. The quantitative estimate of drug-likeness (QED) is 0.424. The van der Waals surface area contributed by atoms with E-state index >= 15 is 0 Å². The molecule has 0 radical (unpaired) electrons. The Morgan fingerprint density at radius 3 is 2.30 bits per heavy atom. The van der Waals surface area contributed by atoms with Crippen LogP contribution in [0.3, 0.4) is 0 Å². The van der Waals surface area contributed by atoms with E-state index in [1.54, 1.807) is 48.5 Å². The van der Waals surface area contributed by atoms with Crippen molar-refractivity contribution in [2.75, 3.05) is 21.3 Å². The monoisotopic (exact) mass is 452 g/mol. The molecule has 0 heterocycles. The molecule has 0 bridgehead atoms. The van der Waals surface area contributed by atoms with E-state index in [0.717, 1.165) is 18.4 Å². The second-order valence-corrected chi connectivity index (χ2v) is 7.66. The summed E-state index contributed by atoms with van der Waals surface area (Å²) < 4.78 is 15.3. The number of benzene rings is 2. The number of hydrogen-bond donors (Lipinski definition) is 2. The van der Waals surface area contributed by atoms with E-state index in [-0.39, 0.29) is 18.2 Å². The van der Waals surface area contributed by atoms with Gasteiger partial charge >= 0.3 is 5.97 Å². The molecular formula is C25H28N2O6. The van der Waals surface area contributed by atoms with E-state index < -0.39 is 12.0 Å². The van der Waals surface area contributed by atoms with Gasteiger partial charge in [-0.25, -0.2) is 0 Å². The SMILES string of the molecule is COC(=O)CC(NC(=O)/C=C/c1ccc(C(=O)NC2CC2)cc1)c1ccc(OC)c(OC)c1. The van der Waals surface area contributed by atoms with E-state index in [2.05, 4.69) is 10.6 Å². The molecule has 0 aromatic heterocycles. The van der Waals surface area contributed by atoms with Gasteiger partial charge in [0.05, 0.1) is 33.8 Å². The van der Waals surface area contributed by atoms with Crippen LogP contribution in [0.1, 0.15) is 46.8 Å². The second kappa shape index (κ2) is 11.2. The largest absolute Gasteiger partial charge is 0.493 e. The number of esters is 1. The third-order valence-corrected chi connectivity index (χ3v) is 5.24. The molecule has 8 heteroatoms. The van der Waals surface area contributed by atoms with Crippen molar-refractivity contribution >= 4 is 23.9 Å². The number of hydrogen-bond acceptors (Lipinski definition) is 6. The number of nitrogens with one attached hydrogen (secondary N) is 2. The number of amides is 2. The van der Waals surface area contributed by atoms with Gasteiger partial charge in [-0.3, -0.25) is 14.4 Å². The Bertz CT molecular complexity index is 1030. The minimum Gasteiger partial charge on any atom is -0.493 e. The van der Waals surface area contributed by atoms with Crippen LogP contribution in [0.15, 0.2) is 48.5 Å². The zero-order valence-electron chi connectivity index (χ0n) is 18.9. The summed E-state index contributed by atoms with van der Waals surface area (Å²) >= 11 is 0. The topological polar surface area (TPSA) is 103 Å². The highest BCUT2D eigenvalue weighted by Crippen LogP contribution is 2.31. The smallest absolute Gasteiger partial charge is 0.307 e. The fourth-order valence-corrected chi connectivity index (χ4v) is 3.21. The first-order chi connectivity index (χ1) is 15.9. The molecule has 0 spiro atoms. The van der Waals surface area contributed by atoms with E-state index in [4.69, 9.17) is 14.2 Å². The molecule has 1 unspecified atom stereocenters. The van der Waals surface area contributed by atoms with Gasteiger partial charge in [0.25, 0.3) is 5.91 Å². The highest BCUT2D eigenvalue weighted by atomic mass is 16.5. The summed E-state index contributed by atoms with van der Waals surface area (Å²) in [7, 11) is 4.34. The zero-order valence-corrected chi connectivity index (χ0v) is 18.9. The van der Waals surface area contributed by atoms with Gasteiger partial charge in [-0.1, -0.05) is 18.2 Å². The molecule has 1 aliphatic carbocycles. The van der Waals surface area contributed by atoms with Crippen LogP contribution in [0, 0.1) is 0 Å². The molecular weight excluding hydrogens is 424 g/mol. The number of carbonyl (C=O) groups excluding carboxylic acids is 3. The van der Waals surface area contributed by atoms with E-state index in [1.165, 1.54) is 27.4 Å². The highest BCUT2D eigenvalue weighted by Gasteiger charge is 2.23. The number of methoxy groups -OCH3 is 3. The van der Waals surface area contributed by atoms with Gasteiger partial charge in [0.15, 0.2) is 11.5 Å². The van der Waals surface area contributed by atoms with Crippen molar-refractivity contribution in [3.8, 4) is 11.5 Å². The minimum absolute atomic E-state index is 0.0453. The maximum absolute atomic E-state index is 12.6. The van der Waals surface area contributed by atoms with Crippen molar-refractivity contribution in [2.45, 2.75) is 31.3 Å². The first-order valence-electron chi connectivity index (χ1n) is 10.6. The van der Waals surface area contributed by atoms with Gasteiger partial charge in [0.1, 0.15) is 0 Å². The van der Waals surface area contributed by atoms with E-state index in [9.17, 15) is 14.4 Å². The van der Waals surface area contributed by atoms with Crippen molar-refractivity contribution in [1.29, 1.82) is 0 Å². The Morgan fingerprint density at radius 2 is 1.70 bits per heavy atom. The summed E-state index contributed by atoms with van der Waals surface area (Å²) in [5.74, 6) is 0.0960. The minimum atomic E-state index is -0.622. The maximum Gasteiger partial charge on any atom is 0.307 e. The van der Waals surface area contributed by atoms with Crippen molar-refractivity contribution < 1.29 is 28.6 Å². The second-order valence-electron chi connectivity index (χ2n) is 7.66. The van der Waals surface area contributed by atoms with Crippen LogP contribution in [0.2, 0.25) is 0 Å². The third-order valence-electron chi connectivity index (χ3n) is 5.24. The first kappa shape index (κ1) is 23.8. The summed E-state index contributed by atoms with van der Waals surface area (Å²) in [5.41, 5.74) is 2.02. The molecule has 174 valence electrons. The van der Waals surface area contributed by atoms with Crippen LogP contribution in [-0.4, -0.2) is 45.2 Å². The summed E-state index contributed by atoms with van der Waals surface area (Å²) in [6, 6.07) is 11.8. The predicted octanol–water partition coefficient (Wildman–Crippen LogP) is 3.03. The maximum atomic E-state index is 12.6. The van der Waals surface area contributed by atoms with Gasteiger partial charge in [0.2, 0.25) is 5.91 Å². The lowest BCUT2D eigenvalue weighted by molar-refractivity contribution is -0.141. The molecule has 2 amide bonds. The van der Waals surface area contributed by atoms with Crippen LogP contribution in [-0.2, 0) is 14.3 Å². The average molecular weight is 453 g/mol. The van der Waals surface area contributed by atoms with Crippen LogP contribution in [0.5, 0.6) is 11.5 Å². The fraction of sp³-hybridized carbons (Fsp3) is 0.320. The molecule has 3 rings (SSSR count). The predicted molar refractivity (Wildman–Crippen MR) is 123 cm³/mol. The number of ether oxygens (including phenoxy) is 3. The van der Waals surface area contributed by atoms with Gasteiger partial charge < -0.3 is 24.8 Å². The standard InChI is InChI=1S/C25H28N2O6/c1-31-21-12-9-18(14-22(21)32-2)20(15-24(29)33-3)27-23(28)13-6-16-4-7-17(8-5-16)25(30)26-19-10-11-19/h4-9,12-14,19-20H,10-11,15H2,1-3H3,(H,26,30)(H,27,28)/b13-6+. The Kier molecular flexibility index (Phi) is 8.07. The van der Waals surface area contributed by atoms with Crippen LogP contribution >= 0.6 is 0 Å². The van der Waals surface area contributed by atoms with Crippen LogP contribution < -0.4 is 20.1 Å². The summed E-state index contributed by atoms with van der Waals surface area (Å²) in [6.07, 6.45) is 5.03.